The summed E-state index contributed by atoms with van der Waals surface area (Å²) in [6.45, 7) is 0. The summed E-state index contributed by atoms with van der Waals surface area (Å²) in [4.78, 5) is 8.43. The molecule has 0 aliphatic rings. The van der Waals surface area contributed by atoms with Gasteiger partial charge in [0.15, 0.2) is 0 Å². The van der Waals surface area contributed by atoms with Gasteiger partial charge in [-0.15, -0.1) is 0 Å². The summed E-state index contributed by atoms with van der Waals surface area (Å²) in [5.41, 5.74) is 2.10. The normalized spacial score (nSPS) is 9.88. The largest absolute Gasteiger partial charge is 0.497 e. The molecule has 0 aliphatic heterocycles. The van der Waals surface area contributed by atoms with Crippen molar-refractivity contribution in [2.24, 2.45) is 0 Å². The van der Waals surface area contributed by atoms with Crippen LogP contribution in [0.2, 0.25) is 0 Å². The van der Waals surface area contributed by atoms with Crippen molar-refractivity contribution < 1.29 is 9.47 Å². The first kappa shape index (κ1) is 17.0. The molecule has 0 fully saturated rings. The maximum Gasteiger partial charge on any atom is 0.146 e. The monoisotopic (exact) mass is 347 g/mol. The second-order valence-electron chi connectivity index (χ2n) is 5.30. The van der Waals surface area contributed by atoms with Gasteiger partial charge in [-0.3, -0.25) is 0 Å². The predicted octanol–water partition coefficient (Wildman–Crippen LogP) is 3.85. The van der Waals surface area contributed by atoms with E-state index < -0.39 is 0 Å². The smallest absolute Gasteiger partial charge is 0.146 e. The molecule has 0 spiro atoms. The molecule has 0 saturated carbocycles. The van der Waals surface area contributed by atoms with Crippen molar-refractivity contribution >= 4 is 23.0 Å². The van der Waals surface area contributed by atoms with Crippen LogP contribution in [0.15, 0.2) is 54.9 Å². The van der Waals surface area contributed by atoms with Crippen LogP contribution in [0.4, 0.5) is 23.0 Å². The molecule has 1 aromatic heterocycles. The van der Waals surface area contributed by atoms with Gasteiger partial charge in [0, 0.05) is 17.8 Å². The van der Waals surface area contributed by atoms with Crippen LogP contribution in [0.5, 0.6) is 11.5 Å². The Bertz CT molecular complexity index is 953. The van der Waals surface area contributed by atoms with E-state index in [-0.39, 0.29) is 0 Å². The molecule has 0 unspecified atom stereocenters. The fraction of sp³-hybridized carbons (Fsp3) is 0.105. The first-order valence-corrected chi connectivity index (χ1v) is 7.80. The van der Waals surface area contributed by atoms with Crippen LogP contribution in [0.1, 0.15) is 5.56 Å². The van der Waals surface area contributed by atoms with E-state index in [0.717, 1.165) is 11.4 Å². The van der Waals surface area contributed by atoms with Crippen LogP contribution in [0, 0.1) is 11.3 Å². The molecule has 7 heteroatoms. The summed E-state index contributed by atoms with van der Waals surface area (Å²) in [5, 5.41) is 15.3. The van der Waals surface area contributed by atoms with E-state index in [2.05, 4.69) is 26.7 Å². The number of nitriles is 1. The van der Waals surface area contributed by atoms with Gasteiger partial charge in [-0.05, 0) is 30.3 Å². The minimum Gasteiger partial charge on any atom is -0.497 e. The lowest BCUT2D eigenvalue weighted by atomic mass is 10.2. The highest BCUT2D eigenvalue weighted by atomic mass is 16.5. The highest BCUT2D eigenvalue weighted by molar-refractivity contribution is 5.68. The average Bonchev–Trinajstić information content (AvgIpc) is 2.68. The first-order chi connectivity index (χ1) is 12.7. The van der Waals surface area contributed by atoms with Crippen molar-refractivity contribution in [2.45, 2.75) is 0 Å². The molecule has 0 atom stereocenters. The third-order valence-electron chi connectivity index (χ3n) is 3.60. The van der Waals surface area contributed by atoms with Crippen molar-refractivity contribution in [3.63, 3.8) is 0 Å². The molecule has 3 rings (SSSR count). The molecular weight excluding hydrogens is 330 g/mol. The summed E-state index contributed by atoms with van der Waals surface area (Å²) >= 11 is 0. The highest BCUT2D eigenvalue weighted by Gasteiger charge is 2.07. The molecule has 0 bridgehead atoms. The first-order valence-electron chi connectivity index (χ1n) is 7.80. The maximum absolute atomic E-state index is 8.99. The van der Waals surface area contributed by atoms with Crippen LogP contribution >= 0.6 is 0 Å². The third kappa shape index (κ3) is 3.99. The topological polar surface area (TPSA) is 92.1 Å². The molecular formula is C19H17N5O2. The van der Waals surface area contributed by atoms with E-state index in [4.69, 9.17) is 14.7 Å². The number of rotatable bonds is 6. The number of benzene rings is 2. The average molecular weight is 347 g/mol. The second kappa shape index (κ2) is 7.85. The zero-order valence-electron chi connectivity index (χ0n) is 14.4. The predicted molar refractivity (Wildman–Crippen MR) is 99.3 cm³/mol. The second-order valence-corrected chi connectivity index (χ2v) is 5.30. The van der Waals surface area contributed by atoms with Crippen molar-refractivity contribution in [1.82, 2.24) is 9.97 Å². The molecule has 2 aromatic carbocycles. The third-order valence-corrected chi connectivity index (χ3v) is 3.60. The summed E-state index contributed by atoms with van der Waals surface area (Å²) < 4.78 is 10.6. The van der Waals surface area contributed by atoms with Gasteiger partial charge in [-0.25, -0.2) is 9.97 Å². The number of anilines is 4. The molecule has 3 aromatic rings. The summed E-state index contributed by atoms with van der Waals surface area (Å²) in [6, 6.07) is 16.5. The van der Waals surface area contributed by atoms with Crippen molar-refractivity contribution in [1.29, 1.82) is 5.26 Å². The Morgan fingerprint density at radius 3 is 2.46 bits per heavy atom. The van der Waals surface area contributed by atoms with Crippen molar-refractivity contribution in [3.05, 3.63) is 60.4 Å². The maximum atomic E-state index is 8.99. The van der Waals surface area contributed by atoms with Gasteiger partial charge in [-0.1, -0.05) is 6.07 Å². The Morgan fingerprint density at radius 2 is 1.73 bits per heavy atom. The Labute approximate surface area is 151 Å². The minimum atomic E-state index is 0.574. The number of hydrogen-bond donors (Lipinski definition) is 2. The fourth-order valence-electron chi connectivity index (χ4n) is 2.35. The standard InChI is InChI=1S/C19H17N5O2/c1-25-15-6-7-16(17(9-15)26-2)24-19-10-18(21-12-22-19)23-14-5-3-4-13(8-14)11-20/h3-10,12H,1-2H3,(H2,21,22,23,24). The Balaban J connectivity index is 1.80. The van der Waals surface area contributed by atoms with E-state index >= 15 is 0 Å². The Hall–Kier alpha value is -3.79. The minimum absolute atomic E-state index is 0.574. The van der Waals surface area contributed by atoms with Crippen LogP contribution in [0.3, 0.4) is 0 Å². The van der Waals surface area contributed by atoms with Crippen molar-refractivity contribution in [2.75, 3.05) is 24.9 Å². The number of methoxy groups -OCH3 is 2. The number of nitrogens with one attached hydrogen (secondary N) is 2. The molecule has 2 N–H and O–H groups in total. The summed E-state index contributed by atoms with van der Waals surface area (Å²) in [5.74, 6) is 2.54. The number of aromatic nitrogens is 2. The van der Waals surface area contributed by atoms with Gasteiger partial charge in [-0.2, -0.15) is 5.26 Å². The number of ether oxygens (including phenoxy) is 2. The van der Waals surface area contributed by atoms with E-state index in [1.807, 2.05) is 24.3 Å². The summed E-state index contributed by atoms with van der Waals surface area (Å²) in [7, 11) is 3.20. The highest BCUT2D eigenvalue weighted by Crippen LogP contribution is 2.31. The molecule has 7 nitrogen and oxygen atoms in total. The zero-order valence-corrected chi connectivity index (χ0v) is 14.4. The van der Waals surface area contributed by atoms with Crippen LogP contribution in [-0.2, 0) is 0 Å². The molecule has 0 amide bonds. The molecule has 0 saturated heterocycles. The van der Waals surface area contributed by atoms with E-state index in [1.54, 1.807) is 38.5 Å². The molecule has 0 radical (unpaired) electrons. The van der Waals surface area contributed by atoms with E-state index in [9.17, 15) is 0 Å². The molecule has 0 aliphatic carbocycles. The van der Waals surface area contributed by atoms with E-state index in [0.29, 0.717) is 28.7 Å². The van der Waals surface area contributed by atoms with Gasteiger partial charge in [0.2, 0.25) is 0 Å². The molecule has 130 valence electrons. The summed E-state index contributed by atoms with van der Waals surface area (Å²) in [6.07, 6.45) is 1.45. The van der Waals surface area contributed by atoms with Crippen LogP contribution in [0.25, 0.3) is 0 Å². The van der Waals surface area contributed by atoms with Gasteiger partial charge in [0.1, 0.15) is 29.5 Å². The molecule has 26 heavy (non-hydrogen) atoms. The lowest BCUT2D eigenvalue weighted by Gasteiger charge is -2.12. The van der Waals surface area contributed by atoms with Crippen LogP contribution in [-0.4, -0.2) is 24.2 Å². The SMILES string of the molecule is COc1ccc(Nc2cc(Nc3cccc(C#N)c3)ncn2)c(OC)c1. The Morgan fingerprint density at radius 1 is 0.923 bits per heavy atom. The Kier molecular flexibility index (Phi) is 5.15. The zero-order chi connectivity index (χ0) is 18.4. The molecule has 1 heterocycles. The lowest BCUT2D eigenvalue weighted by Crippen LogP contribution is -2.00. The van der Waals surface area contributed by atoms with E-state index in [1.165, 1.54) is 6.33 Å². The quantitative estimate of drug-likeness (QED) is 0.699. The number of nitrogens with zero attached hydrogens (tertiary/aromatic N) is 3. The number of hydrogen-bond acceptors (Lipinski definition) is 7. The van der Waals surface area contributed by atoms with Gasteiger partial charge < -0.3 is 20.1 Å². The fourth-order valence-corrected chi connectivity index (χ4v) is 2.35. The van der Waals surface area contributed by atoms with Crippen molar-refractivity contribution in [3.8, 4) is 17.6 Å². The van der Waals surface area contributed by atoms with Gasteiger partial charge in [0.25, 0.3) is 0 Å². The lowest BCUT2D eigenvalue weighted by molar-refractivity contribution is 0.395. The van der Waals surface area contributed by atoms with Gasteiger partial charge >= 0.3 is 0 Å². The van der Waals surface area contributed by atoms with Gasteiger partial charge in [0.05, 0.1) is 31.5 Å². The van der Waals surface area contributed by atoms with Crippen LogP contribution < -0.4 is 20.1 Å².